The Kier molecular flexibility index (Phi) is 11.6. The molecule has 14 nitrogen and oxygen atoms in total. The number of amides is 2. The van der Waals surface area contributed by atoms with Crippen molar-refractivity contribution in [3.05, 3.63) is 72.6 Å². The minimum atomic E-state index is -0.565. The molecule has 55 heavy (non-hydrogen) atoms. The van der Waals surface area contributed by atoms with E-state index in [0.717, 1.165) is 84.1 Å². The van der Waals surface area contributed by atoms with Gasteiger partial charge in [0.15, 0.2) is 5.96 Å². The largest absolute Gasteiger partial charge is 0.355 e. The molecule has 3 aliphatic heterocycles. The van der Waals surface area contributed by atoms with Gasteiger partial charge in [-0.2, -0.15) is 4.89 Å². The van der Waals surface area contributed by atoms with E-state index in [9.17, 15) is 9.59 Å². The molecule has 4 atom stereocenters. The standard InChI is InChI=1S/C41H52N10O4/c1-25(2)35(46-24-55-54-5)39(52)50-20-6-8-33(50)37-44-22-31(47-37)29-14-10-27(11-15-29)28-12-16-30(17-13-28)32-23-45-38(48-32)34-9-7-21-51(34)40(53)36(26(3)4)49-41-42-18-19-43-41/h10-17,22-26,33-36H,6-9,18-21H2,1-5H3,(H,44,47)(H,45,48)(H2,42,43,49)/b46-24-/t33-,34-,35-,36+/m0/s1. The van der Waals surface area contributed by atoms with Gasteiger partial charge in [0.25, 0.3) is 0 Å². The van der Waals surface area contributed by atoms with Crippen LogP contribution >= 0.6 is 0 Å². The molecule has 0 radical (unpaired) electrons. The number of hydrogen-bond donors (Lipinski definition) is 4. The Morgan fingerprint density at radius 1 is 0.800 bits per heavy atom. The number of likely N-dealkylation sites (tertiary alicyclic amines) is 2. The molecule has 4 aromatic rings. The summed E-state index contributed by atoms with van der Waals surface area (Å²) in [7, 11) is 1.40. The fourth-order valence-corrected chi connectivity index (χ4v) is 7.78. The zero-order valence-corrected chi connectivity index (χ0v) is 32.3. The molecule has 4 N–H and O–H groups in total. The minimum absolute atomic E-state index is 0.00127. The first-order valence-corrected chi connectivity index (χ1v) is 19.4. The van der Waals surface area contributed by atoms with E-state index in [0.29, 0.717) is 19.0 Å². The molecule has 0 saturated carbocycles. The fourth-order valence-electron chi connectivity index (χ4n) is 7.78. The van der Waals surface area contributed by atoms with Gasteiger partial charge in [-0.15, -0.1) is 0 Å². The van der Waals surface area contributed by atoms with E-state index in [4.69, 9.17) is 14.9 Å². The van der Waals surface area contributed by atoms with Gasteiger partial charge in [-0.1, -0.05) is 76.2 Å². The number of benzene rings is 2. The number of H-pyrrole nitrogens is 2. The Morgan fingerprint density at radius 3 is 1.80 bits per heavy atom. The maximum absolute atomic E-state index is 13.8. The number of aromatic nitrogens is 4. The second-order valence-corrected chi connectivity index (χ2v) is 15.1. The van der Waals surface area contributed by atoms with Crippen LogP contribution in [0.2, 0.25) is 0 Å². The molecule has 2 aromatic heterocycles. The topological polar surface area (TPSA) is 165 Å². The molecule has 3 aliphatic rings. The Bertz CT molecular complexity index is 1980. The summed E-state index contributed by atoms with van der Waals surface area (Å²) >= 11 is 0. The van der Waals surface area contributed by atoms with Crippen LogP contribution in [0.1, 0.15) is 77.1 Å². The summed E-state index contributed by atoms with van der Waals surface area (Å²) in [5.74, 6) is 2.44. The predicted molar refractivity (Wildman–Crippen MR) is 212 cm³/mol. The third-order valence-electron chi connectivity index (χ3n) is 10.8. The zero-order chi connectivity index (χ0) is 38.5. The number of carbonyl (C=O) groups excluding carboxylic acids is 2. The highest BCUT2D eigenvalue weighted by atomic mass is 17.2. The first-order valence-electron chi connectivity index (χ1n) is 19.4. The van der Waals surface area contributed by atoms with Crippen LogP contribution in [0.25, 0.3) is 33.6 Å². The molecular formula is C41H52N10O4. The van der Waals surface area contributed by atoms with E-state index >= 15 is 0 Å². The molecule has 0 spiro atoms. The van der Waals surface area contributed by atoms with E-state index in [1.54, 1.807) is 0 Å². The monoisotopic (exact) mass is 748 g/mol. The van der Waals surface area contributed by atoms with Gasteiger partial charge in [-0.05, 0) is 59.8 Å². The summed E-state index contributed by atoms with van der Waals surface area (Å²) in [4.78, 5) is 65.8. The lowest BCUT2D eigenvalue weighted by molar-refractivity contribution is -0.188. The molecule has 0 bridgehead atoms. The number of hydrogen-bond acceptors (Lipinski definition) is 10. The normalized spacial score (nSPS) is 19.7. The number of rotatable bonds is 13. The molecule has 290 valence electrons. The fraction of sp³-hybridized carbons (Fsp3) is 0.463. The average Bonchev–Trinajstić information content (AvgIpc) is 4.04. The van der Waals surface area contributed by atoms with Crippen molar-refractivity contribution < 1.29 is 19.4 Å². The Labute approximate surface area is 322 Å². The van der Waals surface area contributed by atoms with E-state index in [2.05, 4.69) is 97.9 Å². The summed E-state index contributed by atoms with van der Waals surface area (Å²) in [6.45, 7) is 10.9. The predicted octanol–water partition coefficient (Wildman–Crippen LogP) is 5.67. The molecule has 7 rings (SSSR count). The second-order valence-electron chi connectivity index (χ2n) is 15.1. The van der Waals surface area contributed by atoms with Crippen molar-refractivity contribution in [3.8, 4) is 33.6 Å². The summed E-state index contributed by atoms with van der Waals surface area (Å²) in [6, 6.07) is 15.7. The highest BCUT2D eigenvalue weighted by Crippen LogP contribution is 2.35. The molecule has 2 fully saturated rings. The van der Waals surface area contributed by atoms with Crippen LogP contribution in [0, 0.1) is 11.8 Å². The van der Waals surface area contributed by atoms with Crippen LogP contribution < -0.4 is 10.6 Å². The maximum Gasteiger partial charge on any atom is 0.248 e. The Hall–Kier alpha value is -5.50. The molecular weight excluding hydrogens is 697 g/mol. The molecule has 14 heteroatoms. The number of aromatic amines is 2. The van der Waals surface area contributed by atoms with Gasteiger partial charge in [-0.3, -0.25) is 14.6 Å². The van der Waals surface area contributed by atoms with Crippen LogP contribution in [0.15, 0.2) is 70.9 Å². The van der Waals surface area contributed by atoms with E-state index in [1.165, 1.54) is 13.5 Å². The van der Waals surface area contributed by atoms with Crippen molar-refractivity contribution in [2.24, 2.45) is 21.8 Å². The van der Waals surface area contributed by atoms with Crippen LogP contribution in [-0.4, -0.2) is 99.3 Å². The van der Waals surface area contributed by atoms with Crippen molar-refractivity contribution in [1.29, 1.82) is 0 Å². The third-order valence-corrected chi connectivity index (χ3v) is 10.8. The lowest BCUT2D eigenvalue weighted by atomic mass is 10.0. The molecule has 0 unspecified atom stereocenters. The van der Waals surface area contributed by atoms with Crippen LogP contribution in [0.4, 0.5) is 0 Å². The maximum atomic E-state index is 13.8. The van der Waals surface area contributed by atoms with Crippen molar-refractivity contribution >= 4 is 24.2 Å². The number of guanidine groups is 1. The van der Waals surface area contributed by atoms with Gasteiger partial charge in [0.05, 0.1) is 49.5 Å². The summed E-state index contributed by atoms with van der Waals surface area (Å²) in [6.07, 6.45) is 8.44. The molecule has 0 aliphatic carbocycles. The average molecular weight is 749 g/mol. The van der Waals surface area contributed by atoms with Crippen LogP contribution in [0.5, 0.6) is 0 Å². The highest BCUT2D eigenvalue weighted by molar-refractivity contribution is 5.90. The second kappa shape index (κ2) is 16.9. The van der Waals surface area contributed by atoms with Gasteiger partial charge >= 0.3 is 0 Å². The van der Waals surface area contributed by atoms with Crippen LogP contribution in [0.3, 0.4) is 0 Å². The number of nitrogens with zero attached hydrogens (tertiary/aromatic N) is 6. The van der Waals surface area contributed by atoms with Crippen molar-refractivity contribution in [2.45, 2.75) is 77.5 Å². The zero-order valence-electron chi connectivity index (χ0n) is 32.3. The summed E-state index contributed by atoms with van der Waals surface area (Å²) < 4.78 is 0. The van der Waals surface area contributed by atoms with Gasteiger partial charge in [-0.25, -0.2) is 15.0 Å². The lowest BCUT2D eigenvalue weighted by Crippen LogP contribution is -2.53. The summed E-state index contributed by atoms with van der Waals surface area (Å²) in [5.41, 5.74) is 6.06. The quantitative estimate of drug-likeness (QED) is 0.0589. The van der Waals surface area contributed by atoms with Gasteiger partial charge < -0.3 is 35.3 Å². The smallest absolute Gasteiger partial charge is 0.248 e. The SMILES string of the molecule is COO/C=N\[C@H](C(=O)N1CCC[C@H]1c1ncc(-c2ccc(-c3ccc(-c4cnc([C@@H]5CCCN5C(=O)[C@H](NC5=NCCN5)C(C)C)[nH]4)cc3)cc2)[nH]1)C(C)C. The van der Waals surface area contributed by atoms with Crippen molar-refractivity contribution in [2.75, 3.05) is 33.3 Å². The Balaban J connectivity index is 0.993. The lowest BCUT2D eigenvalue weighted by Gasteiger charge is -2.30. The van der Waals surface area contributed by atoms with Gasteiger partial charge in [0, 0.05) is 19.6 Å². The number of imidazole rings is 2. The highest BCUT2D eigenvalue weighted by Gasteiger charge is 2.38. The minimum Gasteiger partial charge on any atom is -0.355 e. The third kappa shape index (κ3) is 8.29. The molecule has 2 amide bonds. The van der Waals surface area contributed by atoms with Crippen molar-refractivity contribution in [3.63, 3.8) is 0 Å². The van der Waals surface area contributed by atoms with E-state index in [-0.39, 0.29) is 41.8 Å². The molecule has 5 heterocycles. The first-order chi connectivity index (χ1) is 26.7. The van der Waals surface area contributed by atoms with Gasteiger partial charge in [0.1, 0.15) is 23.7 Å². The number of nitrogens with one attached hydrogen (secondary N) is 4. The van der Waals surface area contributed by atoms with Crippen LogP contribution in [-0.2, 0) is 19.4 Å². The van der Waals surface area contributed by atoms with E-state index in [1.807, 2.05) is 36.0 Å². The van der Waals surface area contributed by atoms with Crippen molar-refractivity contribution in [1.82, 2.24) is 40.4 Å². The molecule has 2 aromatic carbocycles. The van der Waals surface area contributed by atoms with Gasteiger partial charge in [0.2, 0.25) is 18.2 Å². The molecule has 2 saturated heterocycles. The number of carbonyl (C=O) groups is 2. The van der Waals surface area contributed by atoms with E-state index < -0.39 is 6.04 Å². The first kappa shape index (κ1) is 37.8. The number of aliphatic imine (C=N–C) groups is 2. The Morgan fingerprint density at radius 2 is 1.33 bits per heavy atom. The summed E-state index contributed by atoms with van der Waals surface area (Å²) in [5, 5.41) is 6.57.